The van der Waals surface area contributed by atoms with Gasteiger partial charge in [0.1, 0.15) is 33.5 Å². The summed E-state index contributed by atoms with van der Waals surface area (Å²) in [5, 5.41) is 10.8. The molecule has 7 nitrogen and oxygen atoms in total. The Hall–Kier alpha value is -8.55. The van der Waals surface area contributed by atoms with Crippen molar-refractivity contribution in [2.75, 3.05) is 0 Å². The van der Waals surface area contributed by atoms with Gasteiger partial charge in [-0.2, -0.15) is 0 Å². The van der Waals surface area contributed by atoms with Gasteiger partial charge in [0.15, 0.2) is 17.5 Å². The monoisotopic (exact) mass is 794 g/mol. The Balaban J connectivity index is 1.08. The molecule has 0 aliphatic rings. The van der Waals surface area contributed by atoms with Crippen LogP contribution in [0.1, 0.15) is 0 Å². The van der Waals surface area contributed by atoms with E-state index >= 15 is 0 Å². The molecule has 14 aromatic rings. The van der Waals surface area contributed by atoms with Crippen molar-refractivity contribution in [1.29, 1.82) is 0 Å². The Kier molecular flexibility index (Phi) is 6.71. The van der Waals surface area contributed by atoms with Gasteiger partial charge in [0.05, 0.1) is 38.8 Å². The largest absolute Gasteiger partial charge is 0.455 e. The summed E-state index contributed by atoms with van der Waals surface area (Å²) in [6.45, 7) is 0. The van der Waals surface area contributed by atoms with Crippen LogP contribution in [0.4, 0.5) is 0 Å². The van der Waals surface area contributed by atoms with Gasteiger partial charge < -0.3 is 17.8 Å². The van der Waals surface area contributed by atoms with Gasteiger partial charge in [-0.3, -0.25) is 0 Å². The molecule has 0 atom stereocenters. The summed E-state index contributed by atoms with van der Waals surface area (Å²) >= 11 is 0. The molecule has 14 rings (SSSR count). The summed E-state index contributed by atoms with van der Waals surface area (Å²) in [6.07, 6.45) is 0. The first-order chi connectivity index (χ1) is 30.7. The quantitative estimate of drug-likeness (QED) is 0.176. The Morgan fingerprint density at radius 2 is 0.790 bits per heavy atom. The van der Waals surface area contributed by atoms with E-state index in [1.54, 1.807) is 0 Å². The fourth-order valence-corrected chi connectivity index (χ4v) is 9.67. The van der Waals surface area contributed by atoms with Crippen LogP contribution in [0.3, 0.4) is 0 Å². The maximum absolute atomic E-state index is 6.93. The summed E-state index contributed by atoms with van der Waals surface area (Å²) < 4.78 is 22.4. The minimum Gasteiger partial charge on any atom is -0.455 e. The van der Waals surface area contributed by atoms with Crippen molar-refractivity contribution >= 4 is 98.4 Å². The molecule has 5 heterocycles. The van der Waals surface area contributed by atoms with E-state index in [-0.39, 0.29) is 0 Å². The highest BCUT2D eigenvalue weighted by atomic mass is 16.3. The Bertz CT molecular complexity index is 4060. The molecule has 0 unspecified atom stereocenters. The van der Waals surface area contributed by atoms with Crippen molar-refractivity contribution in [3.05, 3.63) is 182 Å². The minimum absolute atomic E-state index is 0.468. The molecule has 0 N–H and O–H groups in total. The van der Waals surface area contributed by atoms with Gasteiger partial charge in [-0.25, -0.2) is 15.0 Å². The lowest BCUT2D eigenvalue weighted by Gasteiger charge is -2.13. The highest BCUT2D eigenvalue weighted by Gasteiger charge is 2.25. The van der Waals surface area contributed by atoms with Crippen molar-refractivity contribution in [3.8, 4) is 39.9 Å². The third kappa shape index (κ3) is 4.67. The van der Waals surface area contributed by atoms with Crippen LogP contribution in [-0.2, 0) is 0 Å². The van der Waals surface area contributed by atoms with E-state index in [0.29, 0.717) is 34.2 Å². The first-order valence-electron chi connectivity index (χ1n) is 20.7. The third-order valence-corrected chi connectivity index (χ3v) is 12.5. The van der Waals surface area contributed by atoms with E-state index in [0.717, 1.165) is 82.5 Å². The van der Waals surface area contributed by atoms with Crippen molar-refractivity contribution in [3.63, 3.8) is 0 Å². The second-order valence-electron chi connectivity index (χ2n) is 15.9. The molecule has 0 aliphatic carbocycles. The molecular weight excluding hydrogens is 765 g/mol. The minimum atomic E-state index is 0.468. The average molecular weight is 795 g/mol. The van der Waals surface area contributed by atoms with Crippen LogP contribution in [0.5, 0.6) is 0 Å². The third-order valence-electron chi connectivity index (χ3n) is 12.5. The highest BCUT2D eigenvalue weighted by Crippen LogP contribution is 2.44. The highest BCUT2D eigenvalue weighted by molar-refractivity contribution is 6.18. The molecule has 0 saturated heterocycles. The molecule has 7 heteroatoms. The van der Waals surface area contributed by atoms with Crippen LogP contribution < -0.4 is 0 Å². The van der Waals surface area contributed by atoms with Crippen LogP contribution in [0.15, 0.2) is 195 Å². The summed E-state index contributed by atoms with van der Waals surface area (Å²) in [6, 6.07) is 62.7. The first-order valence-corrected chi connectivity index (χ1v) is 20.7. The number of para-hydroxylation sites is 6. The Morgan fingerprint density at radius 3 is 1.42 bits per heavy atom. The van der Waals surface area contributed by atoms with E-state index < -0.39 is 0 Å². The number of nitrogens with zero attached hydrogens (tertiary/aromatic N) is 4. The van der Waals surface area contributed by atoms with Gasteiger partial charge in [0, 0.05) is 37.7 Å². The molecule has 5 aromatic heterocycles. The van der Waals surface area contributed by atoms with E-state index in [1.807, 2.05) is 72.8 Å². The molecule has 0 bridgehead atoms. The molecule has 288 valence electrons. The van der Waals surface area contributed by atoms with E-state index in [1.165, 1.54) is 21.5 Å². The second kappa shape index (κ2) is 12.5. The lowest BCUT2D eigenvalue weighted by atomic mass is 10.0. The molecule has 0 radical (unpaired) electrons. The predicted octanol–water partition coefficient (Wildman–Crippen LogP) is 14.8. The van der Waals surface area contributed by atoms with Gasteiger partial charge in [-0.05, 0) is 71.4 Å². The smallest absolute Gasteiger partial charge is 0.167 e. The van der Waals surface area contributed by atoms with Gasteiger partial charge in [0.25, 0.3) is 0 Å². The first kappa shape index (κ1) is 33.3. The van der Waals surface area contributed by atoms with Crippen LogP contribution in [0, 0.1) is 0 Å². The molecular formula is C55H30N4O3. The van der Waals surface area contributed by atoms with E-state index in [9.17, 15) is 0 Å². The lowest BCUT2D eigenvalue weighted by molar-refractivity contribution is 0.669. The van der Waals surface area contributed by atoms with Crippen LogP contribution in [0.25, 0.3) is 138 Å². The summed E-state index contributed by atoms with van der Waals surface area (Å²) in [5.74, 6) is 1.42. The van der Waals surface area contributed by atoms with Crippen molar-refractivity contribution in [2.24, 2.45) is 0 Å². The maximum atomic E-state index is 6.93. The Labute approximate surface area is 351 Å². The van der Waals surface area contributed by atoms with Crippen molar-refractivity contribution in [2.45, 2.75) is 0 Å². The van der Waals surface area contributed by atoms with Gasteiger partial charge >= 0.3 is 0 Å². The number of benzene rings is 9. The SMILES string of the molecule is c1ccc2cc3c(cc2c1)c1ccccc1n3-c1ccc(-c2nc(-c3cccc4c3oc3ccccc34)nc(-c3cccc4c3oc3ccccc34)n2)c2oc3ccccc3c12. The van der Waals surface area contributed by atoms with Crippen LogP contribution in [-0.4, -0.2) is 19.5 Å². The topological polar surface area (TPSA) is 83.0 Å². The summed E-state index contributed by atoms with van der Waals surface area (Å²) in [5.41, 5.74) is 9.97. The molecule has 0 saturated carbocycles. The molecule has 0 aliphatic heterocycles. The predicted molar refractivity (Wildman–Crippen MR) is 250 cm³/mol. The number of hydrogen-bond donors (Lipinski definition) is 0. The summed E-state index contributed by atoms with van der Waals surface area (Å²) in [7, 11) is 0. The van der Waals surface area contributed by atoms with Crippen molar-refractivity contribution < 1.29 is 13.3 Å². The van der Waals surface area contributed by atoms with Crippen molar-refractivity contribution in [1.82, 2.24) is 19.5 Å². The van der Waals surface area contributed by atoms with Gasteiger partial charge in [0.2, 0.25) is 0 Å². The molecule has 0 fully saturated rings. The number of furan rings is 3. The number of aromatic nitrogens is 4. The average Bonchev–Trinajstić information content (AvgIpc) is 4.09. The lowest BCUT2D eigenvalue weighted by Crippen LogP contribution is -2.01. The van der Waals surface area contributed by atoms with Gasteiger partial charge in [-0.15, -0.1) is 0 Å². The molecule has 62 heavy (non-hydrogen) atoms. The normalized spacial score (nSPS) is 12.2. The standard InChI is InChI=1S/C55H30N4O3/c1-2-14-32-30-45-42(29-31(32)13-1)33-15-3-7-23-43(33)59(45)44-28-27-41(52-49(44)38-18-6-10-26-48(38)62-52)55-57-53(39-21-11-19-36-34-16-4-8-24-46(34)60-50(36)39)56-54(58-55)40-22-12-20-37-35-17-5-9-25-47(35)61-51(37)40/h1-30H. The van der Waals surface area contributed by atoms with Crippen LogP contribution in [0.2, 0.25) is 0 Å². The fourth-order valence-electron chi connectivity index (χ4n) is 9.67. The summed E-state index contributed by atoms with van der Waals surface area (Å²) in [4.78, 5) is 15.9. The zero-order valence-electron chi connectivity index (χ0n) is 32.8. The van der Waals surface area contributed by atoms with Gasteiger partial charge in [-0.1, -0.05) is 121 Å². The maximum Gasteiger partial charge on any atom is 0.167 e. The molecule has 0 amide bonds. The zero-order chi connectivity index (χ0) is 40.5. The number of rotatable bonds is 4. The van der Waals surface area contributed by atoms with E-state index in [4.69, 9.17) is 28.2 Å². The Morgan fingerprint density at radius 1 is 0.323 bits per heavy atom. The van der Waals surface area contributed by atoms with E-state index in [2.05, 4.69) is 114 Å². The molecule has 9 aromatic carbocycles. The molecule has 0 spiro atoms. The van der Waals surface area contributed by atoms with Crippen LogP contribution >= 0.6 is 0 Å². The number of fused-ring (bicyclic) bond motifs is 13. The fraction of sp³-hybridized carbons (Fsp3) is 0. The number of hydrogen-bond acceptors (Lipinski definition) is 6. The second-order valence-corrected chi connectivity index (χ2v) is 15.9. The zero-order valence-corrected chi connectivity index (χ0v) is 32.8.